The molecule has 2 amide bonds. The smallest absolute Gasteiger partial charge is 0.234 e. The molecule has 1 aliphatic carbocycles. The number of nitrogens with one attached hydrogen (secondary N) is 2. The van der Waals surface area contributed by atoms with E-state index >= 15 is 0 Å². The Bertz CT molecular complexity index is 1110. The van der Waals surface area contributed by atoms with Crippen LogP contribution in [0.15, 0.2) is 53.7 Å². The van der Waals surface area contributed by atoms with Crippen LogP contribution in [0.4, 0.5) is 11.4 Å². The van der Waals surface area contributed by atoms with Gasteiger partial charge < -0.3 is 15.4 Å². The summed E-state index contributed by atoms with van der Waals surface area (Å²) in [6.07, 6.45) is 2.15. The predicted octanol–water partition coefficient (Wildman–Crippen LogP) is 4.23. The Labute approximate surface area is 190 Å². The van der Waals surface area contributed by atoms with Gasteiger partial charge in [0.1, 0.15) is 11.6 Å². The van der Waals surface area contributed by atoms with Gasteiger partial charge in [-0.05, 0) is 62.2 Å². The maximum absolute atomic E-state index is 12.5. The Balaban J connectivity index is 1.47. The molecule has 0 bridgehead atoms. The lowest BCUT2D eigenvalue weighted by molar-refractivity contribution is -0.114. The molecular formula is C23H25N5O3S. The van der Waals surface area contributed by atoms with Gasteiger partial charge in [-0.15, -0.1) is 10.2 Å². The van der Waals surface area contributed by atoms with Gasteiger partial charge in [-0.3, -0.25) is 14.2 Å². The molecule has 0 saturated heterocycles. The number of nitrogens with zero attached hydrogens (tertiary/aromatic N) is 3. The van der Waals surface area contributed by atoms with Crippen molar-refractivity contribution in [3.05, 3.63) is 54.4 Å². The third-order valence-corrected chi connectivity index (χ3v) is 5.74. The van der Waals surface area contributed by atoms with Crippen LogP contribution >= 0.6 is 11.8 Å². The lowest BCUT2D eigenvalue weighted by atomic mass is 10.2. The highest BCUT2D eigenvalue weighted by Gasteiger charge is 2.31. The molecule has 2 aromatic carbocycles. The van der Waals surface area contributed by atoms with Crippen molar-refractivity contribution in [3.63, 3.8) is 0 Å². The van der Waals surface area contributed by atoms with Crippen molar-refractivity contribution in [1.82, 2.24) is 14.8 Å². The van der Waals surface area contributed by atoms with Gasteiger partial charge in [0, 0.05) is 24.2 Å². The van der Waals surface area contributed by atoms with Crippen molar-refractivity contribution < 1.29 is 14.3 Å². The largest absolute Gasteiger partial charge is 0.494 e. The van der Waals surface area contributed by atoms with Crippen molar-refractivity contribution in [1.29, 1.82) is 0 Å². The second-order valence-corrected chi connectivity index (χ2v) is 8.42. The molecule has 0 aliphatic heterocycles. The molecule has 3 aromatic rings. The second-order valence-electron chi connectivity index (χ2n) is 7.48. The predicted molar refractivity (Wildman–Crippen MR) is 125 cm³/mol. The number of anilines is 2. The summed E-state index contributed by atoms with van der Waals surface area (Å²) in [5.41, 5.74) is 2.27. The standard InChI is InChI=1S/C23H25N5O3S/c1-3-31-20-11-9-17(10-12-20)25-21(30)14-32-23-27-26-22(16-7-8-16)28(23)19-6-4-5-18(13-19)24-15(2)29/h4-6,9-13,16H,3,7-8,14H2,1-2H3,(H,24,29)(H,25,30). The highest BCUT2D eigenvalue weighted by molar-refractivity contribution is 7.99. The van der Waals surface area contributed by atoms with E-state index in [0.717, 1.165) is 30.1 Å². The van der Waals surface area contributed by atoms with E-state index in [2.05, 4.69) is 20.8 Å². The first kappa shape index (κ1) is 21.9. The zero-order chi connectivity index (χ0) is 22.5. The van der Waals surface area contributed by atoms with Gasteiger partial charge in [0.15, 0.2) is 5.16 Å². The van der Waals surface area contributed by atoms with Gasteiger partial charge in [0.2, 0.25) is 11.8 Å². The maximum atomic E-state index is 12.5. The fourth-order valence-electron chi connectivity index (χ4n) is 3.28. The van der Waals surface area contributed by atoms with Crippen molar-refractivity contribution in [2.75, 3.05) is 23.0 Å². The number of carbonyl (C=O) groups excluding carboxylic acids is 2. The Morgan fingerprint density at radius 3 is 2.56 bits per heavy atom. The lowest BCUT2D eigenvalue weighted by Crippen LogP contribution is -2.14. The molecule has 32 heavy (non-hydrogen) atoms. The van der Waals surface area contributed by atoms with E-state index in [0.29, 0.717) is 29.1 Å². The normalized spacial score (nSPS) is 12.9. The van der Waals surface area contributed by atoms with E-state index in [9.17, 15) is 9.59 Å². The molecule has 0 unspecified atom stereocenters. The minimum atomic E-state index is -0.131. The molecule has 1 heterocycles. The minimum absolute atomic E-state index is 0.131. The second kappa shape index (κ2) is 9.86. The van der Waals surface area contributed by atoms with E-state index in [-0.39, 0.29) is 17.6 Å². The molecule has 0 radical (unpaired) electrons. The fourth-order valence-corrected chi connectivity index (χ4v) is 4.04. The topological polar surface area (TPSA) is 98.1 Å². The average Bonchev–Trinajstić information content (AvgIpc) is 3.53. The van der Waals surface area contributed by atoms with Crippen molar-refractivity contribution in [2.45, 2.75) is 37.8 Å². The van der Waals surface area contributed by atoms with Crippen molar-refractivity contribution in [3.8, 4) is 11.4 Å². The summed E-state index contributed by atoms with van der Waals surface area (Å²) in [5, 5.41) is 15.1. The van der Waals surface area contributed by atoms with Crippen LogP contribution in [0.2, 0.25) is 0 Å². The first-order chi connectivity index (χ1) is 15.5. The number of hydrogen-bond acceptors (Lipinski definition) is 6. The Hall–Kier alpha value is -3.33. The number of carbonyl (C=O) groups is 2. The molecule has 1 aliphatic rings. The van der Waals surface area contributed by atoms with E-state index < -0.39 is 0 Å². The summed E-state index contributed by atoms with van der Waals surface area (Å²) in [5.74, 6) is 1.96. The third kappa shape index (κ3) is 5.47. The number of aromatic nitrogens is 3. The van der Waals surface area contributed by atoms with E-state index in [4.69, 9.17) is 4.74 Å². The van der Waals surface area contributed by atoms with Crippen LogP contribution < -0.4 is 15.4 Å². The molecule has 9 heteroatoms. The SMILES string of the molecule is CCOc1ccc(NC(=O)CSc2nnc(C3CC3)n2-c2cccc(NC(C)=O)c2)cc1. The summed E-state index contributed by atoms with van der Waals surface area (Å²) in [6, 6.07) is 14.8. The molecule has 1 saturated carbocycles. The quantitative estimate of drug-likeness (QED) is 0.473. The fraction of sp³-hybridized carbons (Fsp3) is 0.304. The monoisotopic (exact) mass is 451 g/mol. The first-order valence-electron chi connectivity index (χ1n) is 10.5. The van der Waals surface area contributed by atoms with Crippen LogP contribution in [0.25, 0.3) is 5.69 Å². The zero-order valence-electron chi connectivity index (χ0n) is 18.0. The highest BCUT2D eigenvalue weighted by Crippen LogP contribution is 2.41. The molecule has 8 nitrogen and oxygen atoms in total. The maximum Gasteiger partial charge on any atom is 0.234 e. The number of ether oxygens (including phenoxy) is 1. The van der Waals surface area contributed by atoms with Gasteiger partial charge >= 0.3 is 0 Å². The molecule has 2 N–H and O–H groups in total. The van der Waals surface area contributed by atoms with Gasteiger partial charge in [-0.1, -0.05) is 17.8 Å². The molecule has 4 rings (SSSR count). The van der Waals surface area contributed by atoms with Crippen molar-refractivity contribution >= 4 is 35.0 Å². The summed E-state index contributed by atoms with van der Waals surface area (Å²) in [7, 11) is 0. The van der Waals surface area contributed by atoms with Crippen LogP contribution in [-0.4, -0.2) is 38.9 Å². The van der Waals surface area contributed by atoms with Crippen LogP contribution in [-0.2, 0) is 9.59 Å². The van der Waals surface area contributed by atoms with E-state index in [1.165, 1.54) is 18.7 Å². The molecule has 1 aromatic heterocycles. The van der Waals surface area contributed by atoms with Crippen LogP contribution in [0.5, 0.6) is 5.75 Å². The molecule has 0 spiro atoms. The molecule has 1 fully saturated rings. The third-order valence-electron chi connectivity index (χ3n) is 4.81. The minimum Gasteiger partial charge on any atom is -0.494 e. The Morgan fingerprint density at radius 1 is 1.09 bits per heavy atom. The molecule has 0 atom stereocenters. The molecular weight excluding hydrogens is 426 g/mol. The first-order valence-corrected chi connectivity index (χ1v) is 11.5. The number of amides is 2. The van der Waals surface area contributed by atoms with Crippen LogP contribution in [0, 0.1) is 0 Å². The van der Waals surface area contributed by atoms with E-state index in [1.807, 2.05) is 60.0 Å². The number of hydrogen-bond donors (Lipinski definition) is 2. The van der Waals surface area contributed by atoms with Gasteiger partial charge in [0.25, 0.3) is 0 Å². The lowest BCUT2D eigenvalue weighted by Gasteiger charge is -2.12. The number of benzene rings is 2. The number of rotatable bonds is 9. The molecule has 166 valence electrons. The van der Waals surface area contributed by atoms with Crippen LogP contribution in [0.3, 0.4) is 0 Å². The summed E-state index contributed by atoms with van der Waals surface area (Å²) in [4.78, 5) is 23.9. The van der Waals surface area contributed by atoms with Gasteiger partial charge in [0.05, 0.1) is 18.0 Å². The Kier molecular flexibility index (Phi) is 6.75. The van der Waals surface area contributed by atoms with Gasteiger partial charge in [-0.2, -0.15) is 0 Å². The summed E-state index contributed by atoms with van der Waals surface area (Å²) < 4.78 is 7.41. The summed E-state index contributed by atoms with van der Waals surface area (Å²) in [6.45, 7) is 4.00. The zero-order valence-corrected chi connectivity index (χ0v) is 18.8. The summed E-state index contributed by atoms with van der Waals surface area (Å²) >= 11 is 1.33. The van der Waals surface area contributed by atoms with Crippen LogP contribution in [0.1, 0.15) is 38.4 Å². The van der Waals surface area contributed by atoms with E-state index in [1.54, 1.807) is 0 Å². The highest BCUT2D eigenvalue weighted by atomic mass is 32.2. The average molecular weight is 452 g/mol. The van der Waals surface area contributed by atoms with Crippen molar-refractivity contribution in [2.24, 2.45) is 0 Å². The Morgan fingerprint density at radius 2 is 1.88 bits per heavy atom. The number of thioether (sulfide) groups is 1. The van der Waals surface area contributed by atoms with Gasteiger partial charge in [-0.25, -0.2) is 0 Å².